The minimum atomic E-state index is -0.610. The van der Waals surface area contributed by atoms with Gasteiger partial charge in [-0.2, -0.15) is 0 Å². The number of esters is 1. The molecule has 0 aliphatic carbocycles. The minimum absolute atomic E-state index is 0.267. The Morgan fingerprint density at radius 2 is 2.05 bits per heavy atom. The van der Waals surface area contributed by atoms with Gasteiger partial charge in [-0.05, 0) is 33.8 Å². The molecule has 104 valence electrons. The summed E-state index contributed by atoms with van der Waals surface area (Å²) in [4.78, 5) is 27.3. The first-order valence-electron chi connectivity index (χ1n) is 5.89. The number of anilines is 1. The van der Waals surface area contributed by atoms with Gasteiger partial charge in [0.05, 0.1) is 23.1 Å². The Hall–Kier alpha value is -2.11. The molecular formula is C13H19N3O3. The van der Waals surface area contributed by atoms with Crippen molar-refractivity contribution in [1.82, 2.24) is 10.3 Å². The lowest BCUT2D eigenvalue weighted by molar-refractivity contribution is -0.125. The largest absolute Gasteiger partial charge is 0.452 e. The molecule has 6 nitrogen and oxygen atoms in total. The van der Waals surface area contributed by atoms with E-state index >= 15 is 0 Å². The van der Waals surface area contributed by atoms with E-state index in [0.717, 1.165) is 0 Å². The molecule has 1 aromatic rings. The number of carbonyl (C=O) groups excluding carboxylic acids is 2. The molecule has 0 spiro atoms. The van der Waals surface area contributed by atoms with E-state index in [9.17, 15) is 9.59 Å². The molecule has 0 bridgehead atoms. The van der Waals surface area contributed by atoms with Gasteiger partial charge >= 0.3 is 5.97 Å². The number of nitrogens with two attached hydrogens (primary N) is 1. The van der Waals surface area contributed by atoms with Crippen molar-refractivity contribution in [3.8, 4) is 0 Å². The first-order chi connectivity index (χ1) is 8.69. The van der Waals surface area contributed by atoms with Crippen LogP contribution in [0.15, 0.2) is 12.3 Å². The second kappa shape index (κ2) is 5.69. The monoisotopic (exact) mass is 265 g/mol. The van der Waals surface area contributed by atoms with Crippen LogP contribution < -0.4 is 11.1 Å². The average molecular weight is 265 g/mol. The zero-order chi connectivity index (χ0) is 14.6. The molecule has 1 aromatic heterocycles. The standard InChI is InChI=1S/C13H19N3O3/c1-8-10(5-9(14)6-15-8)12(18)19-7-11(17)16-13(2,3)4/h5-6H,7,14H2,1-4H3,(H,16,17). The van der Waals surface area contributed by atoms with E-state index in [-0.39, 0.29) is 23.6 Å². The SMILES string of the molecule is Cc1ncc(N)cc1C(=O)OCC(=O)NC(C)(C)C. The highest BCUT2D eigenvalue weighted by molar-refractivity contribution is 5.93. The number of carbonyl (C=O) groups is 2. The molecule has 0 atom stereocenters. The number of nitrogens with one attached hydrogen (secondary N) is 1. The number of nitrogens with zero attached hydrogens (tertiary/aromatic N) is 1. The van der Waals surface area contributed by atoms with Crippen molar-refractivity contribution in [1.29, 1.82) is 0 Å². The molecule has 0 fully saturated rings. The van der Waals surface area contributed by atoms with Crippen LogP contribution in [0.1, 0.15) is 36.8 Å². The number of aromatic nitrogens is 1. The van der Waals surface area contributed by atoms with Crippen LogP contribution in [0, 0.1) is 6.92 Å². The molecule has 0 saturated carbocycles. The van der Waals surface area contributed by atoms with Crippen molar-refractivity contribution in [2.24, 2.45) is 0 Å². The number of ether oxygens (including phenoxy) is 1. The average Bonchev–Trinajstić information content (AvgIpc) is 2.27. The fourth-order valence-corrected chi connectivity index (χ4v) is 1.42. The van der Waals surface area contributed by atoms with Gasteiger partial charge in [0, 0.05) is 5.54 Å². The fourth-order valence-electron chi connectivity index (χ4n) is 1.42. The van der Waals surface area contributed by atoms with E-state index in [0.29, 0.717) is 11.4 Å². The third kappa shape index (κ3) is 4.95. The van der Waals surface area contributed by atoms with Crippen LogP contribution in [0.3, 0.4) is 0 Å². The van der Waals surface area contributed by atoms with Crippen LogP contribution in [0.25, 0.3) is 0 Å². The zero-order valence-corrected chi connectivity index (χ0v) is 11.6. The third-order valence-corrected chi connectivity index (χ3v) is 2.18. The van der Waals surface area contributed by atoms with Gasteiger partial charge < -0.3 is 15.8 Å². The molecule has 0 radical (unpaired) electrons. The number of amides is 1. The summed E-state index contributed by atoms with van der Waals surface area (Å²) in [6, 6.07) is 1.48. The predicted octanol–water partition coefficient (Wildman–Crippen LogP) is 1.04. The van der Waals surface area contributed by atoms with Crippen LogP contribution >= 0.6 is 0 Å². The van der Waals surface area contributed by atoms with Crippen molar-refractivity contribution in [2.45, 2.75) is 33.2 Å². The number of rotatable bonds is 3. The zero-order valence-electron chi connectivity index (χ0n) is 11.6. The van der Waals surface area contributed by atoms with Crippen LogP contribution in [0.5, 0.6) is 0 Å². The van der Waals surface area contributed by atoms with Gasteiger partial charge in [0.15, 0.2) is 6.61 Å². The van der Waals surface area contributed by atoms with E-state index in [4.69, 9.17) is 10.5 Å². The molecule has 0 aromatic carbocycles. The summed E-state index contributed by atoms with van der Waals surface area (Å²) in [5, 5.41) is 2.70. The maximum atomic E-state index is 11.8. The molecule has 3 N–H and O–H groups in total. The second-order valence-corrected chi connectivity index (χ2v) is 5.28. The highest BCUT2D eigenvalue weighted by Gasteiger charge is 2.17. The van der Waals surface area contributed by atoms with Crippen molar-refractivity contribution < 1.29 is 14.3 Å². The summed E-state index contributed by atoms with van der Waals surface area (Å²) in [6.07, 6.45) is 1.46. The molecule has 1 heterocycles. The predicted molar refractivity (Wildman–Crippen MR) is 71.6 cm³/mol. The Morgan fingerprint density at radius 1 is 1.42 bits per heavy atom. The Kier molecular flexibility index (Phi) is 4.47. The van der Waals surface area contributed by atoms with Crippen molar-refractivity contribution in [3.05, 3.63) is 23.5 Å². The molecule has 6 heteroatoms. The van der Waals surface area contributed by atoms with Gasteiger partial charge in [0.1, 0.15) is 0 Å². The molecular weight excluding hydrogens is 246 g/mol. The Bertz CT molecular complexity index is 492. The summed E-state index contributed by atoms with van der Waals surface area (Å²) >= 11 is 0. The topological polar surface area (TPSA) is 94.3 Å². The van der Waals surface area contributed by atoms with Crippen molar-refractivity contribution in [2.75, 3.05) is 12.3 Å². The Balaban J connectivity index is 2.61. The van der Waals surface area contributed by atoms with Crippen LogP contribution in [0.4, 0.5) is 5.69 Å². The smallest absolute Gasteiger partial charge is 0.340 e. The maximum absolute atomic E-state index is 11.8. The maximum Gasteiger partial charge on any atom is 0.340 e. The summed E-state index contributed by atoms with van der Waals surface area (Å²) in [7, 11) is 0. The van der Waals surface area contributed by atoms with Crippen LogP contribution in [-0.4, -0.2) is 29.0 Å². The van der Waals surface area contributed by atoms with Gasteiger partial charge in [-0.15, -0.1) is 0 Å². The molecule has 0 aliphatic rings. The van der Waals surface area contributed by atoms with Crippen LogP contribution in [0.2, 0.25) is 0 Å². The molecule has 0 aliphatic heterocycles. The van der Waals surface area contributed by atoms with Gasteiger partial charge in [-0.3, -0.25) is 9.78 Å². The van der Waals surface area contributed by atoms with Crippen molar-refractivity contribution >= 4 is 17.6 Å². The van der Waals surface area contributed by atoms with E-state index in [1.165, 1.54) is 12.3 Å². The summed E-state index contributed by atoms with van der Waals surface area (Å²) < 4.78 is 4.93. The lowest BCUT2D eigenvalue weighted by Crippen LogP contribution is -2.42. The van der Waals surface area contributed by atoms with E-state index in [2.05, 4.69) is 10.3 Å². The highest BCUT2D eigenvalue weighted by atomic mass is 16.5. The number of aryl methyl sites for hydroxylation is 1. The van der Waals surface area contributed by atoms with Crippen LogP contribution in [-0.2, 0) is 9.53 Å². The second-order valence-electron chi connectivity index (χ2n) is 5.28. The quantitative estimate of drug-likeness (QED) is 0.796. The lowest BCUT2D eigenvalue weighted by atomic mass is 10.1. The molecule has 1 amide bonds. The number of hydrogen-bond donors (Lipinski definition) is 2. The molecule has 19 heavy (non-hydrogen) atoms. The van der Waals surface area contributed by atoms with Gasteiger partial charge in [-0.1, -0.05) is 0 Å². The first kappa shape index (κ1) is 14.9. The first-order valence-corrected chi connectivity index (χ1v) is 5.89. The van der Waals surface area contributed by atoms with E-state index < -0.39 is 5.97 Å². The van der Waals surface area contributed by atoms with Gasteiger partial charge in [0.25, 0.3) is 5.91 Å². The lowest BCUT2D eigenvalue weighted by Gasteiger charge is -2.20. The van der Waals surface area contributed by atoms with Gasteiger partial charge in [0.2, 0.25) is 0 Å². The summed E-state index contributed by atoms with van der Waals surface area (Å²) in [5.74, 6) is -0.961. The summed E-state index contributed by atoms with van der Waals surface area (Å²) in [5.41, 5.74) is 6.34. The Labute approximate surface area is 112 Å². The minimum Gasteiger partial charge on any atom is -0.452 e. The molecule has 0 saturated heterocycles. The molecule has 1 rings (SSSR count). The normalized spacial score (nSPS) is 10.9. The summed E-state index contributed by atoms with van der Waals surface area (Å²) in [6.45, 7) is 6.88. The van der Waals surface area contributed by atoms with Gasteiger partial charge in [-0.25, -0.2) is 4.79 Å². The number of pyridine rings is 1. The fraction of sp³-hybridized carbons (Fsp3) is 0.462. The number of nitrogen functional groups attached to an aromatic ring is 1. The molecule has 0 unspecified atom stereocenters. The third-order valence-electron chi connectivity index (χ3n) is 2.18. The van der Waals surface area contributed by atoms with Crippen molar-refractivity contribution in [3.63, 3.8) is 0 Å². The highest BCUT2D eigenvalue weighted by Crippen LogP contribution is 2.10. The number of hydrogen-bond acceptors (Lipinski definition) is 5. The van der Waals surface area contributed by atoms with E-state index in [1.807, 2.05) is 20.8 Å². The Morgan fingerprint density at radius 3 is 2.63 bits per heavy atom. The van der Waals surface area contributed by atoms with E-state index in [1.54, 1.807) is 6.92 Å².